The summed E-state index contributed by atoms with van der Waals surface area (Å²) >= 11 is 0. The Bertz CT molecular complexity index is 681. The third-order valence-corrected chi connectivity index (χ3v) is 4.80. The number of amides is 1. The molecule has 1 fully saturated rings. The van der Waals surface area contributed by atoms with Gasteiger partial charge in [-0.15, -0.1) is 0 Å². The summed E-state index contributed by atoms with van der Waals surface area (Å²) in [6.07, 6.45) is 5.55. The molecule has 2 aromatic rings. The molecule has 6 nitrogen and oxygen atoms in total. The van der Waals surface area contributed by atoms with Crippen LogP contribution >= 0.6 is 0 Å². The summed E-state index contributed by atoms with van der Waals surface area (Å²) in [4.78, 5) is 18.9. The predicted molar refractivity (Wildman–Crippen MR) is 91.4 cm³/mol. The maximum Gasteiger partial charge on any atom is 0.271 e. The van der Waals surface area contributed by atoms with E-state index >= 15 is 0 Å². The lowest BCUT2D eigenvalue weighted by Gasteiger charge is -2.41. The van der Waals surface area contributed by atoms with Crippen molar-refractivity contribution in [3.8, 4) is 11.4 Å². The van der Waals surface area contributed by atoms with Gasteiger partial charge in [0.05, 0.1) is 12.3 Å². The number of likely N-dealkylation sites (tertiary alicyclic amines) is 1. The molecule has 24 heavy (non-hydrogen) atoms. The van der Waals surface area contributed by atoms with E-state index < -0.39 is 0 Å². The molecule has 6 heteroatoms. The van der Waals surface area contributed by atoms with E-state index in [0.717, 1.165) is 37.9 Å². The lowest BCUT2D eigenvalue weighted by molar-refractivity contribution is 0.0219. The highest BCUT2D eigenvalue weighted by atomic mass is 16.3. The predicted octanol–water partition coefficient (Wildman–Crippen LogP) is 2.49. The number of carbonyl (C=O) groups excluding carboxylic acids is 1. The average Bonchev–Trinajstić information content (AvgIpc) is 3.12. The van der Waals surface area contributed by atoms with Crippen LogP contribution in [0.2, 0.25) is 0 Å². The molecule has 0 saturated carbocycles. The number of carbonyl (C=O) groups is 1. The van der Waals surface area contributed by atoms with Crippen LogP contribution in [0, 0.1) is 5.41 Å². The normalized spacial score (nSPS) is 21.0. The summed E-state index contributed by atoms with van der Waals surface area (Å²) in [5.41, 5.74) is 1.72. The van der Waals surface area contributed by atoms with Crippen LogP contribution < -0.4 is 0 Å². The second kappa shape index (κ2) is 7.13. The fourth-order valence-corrected chi connectivity index (χ4v) is 3.57. The van der Waals surface area contributed by atoms with Gasteiger partial charge < -0.3 is 10.0 Å². The Balaban J connectivity index is 1.76. The summed E-state index contributed by atoms with van der Waals surface area (Å²) in [6.45, 7) is 3.58. The molecule has 1 amide bonds. The summed E-state index contributed by atoms with van der Waals surface area (Å²) in [5.74, 6) is -0.0571. The first kappa shape index (κ1) is 16.6. The molecule has 1 atom stereocenters. The van der Waals surface area contributed by atoms with Crippen LogP contribution in [0.1, 0.15) is 43.1 Å². The zero-order chi connectivity index (χ0) is 17.0. The Labute approximate surface area is 141 Å². The molecule has 3 rings (SSSR count). The van der Waals surface area contributed by atoms with Crippen molar-refractivity contribution >= 4 is 5.91 Å². The lowest BCUT2D eigenvalue weighted by atomic mass is 9.77. The van der Waals surface area contributed by atoms with Gasteiger partial charge in [0.25, 0.3) is 5.91 Å². The van der Waals surface area contributed by atoms with E-state index in [9.17, 15) is 9.90 Å². The Morgan fingerprint density at radius 1 is 1.42 bits per heavy atom. The largest absolute Gasteiger partial charge is 0.396 e. The molecular formula is C18H24N4O2. The van der Waals surface area contributed by atoms with E-state index in [0.29, 0.717) is 17.9 Å². The molecule has 2 N–H and O–H groups in total. The minimum absolute atomic E-state index is 0.0571. The maximum absolute atomic E-state index is 12.8. The minimum Gasteiger partial charge on any atom is -0.396 e. The van der Waals surface area contributed by atoms with Gasteiger partial charge in [0.15, 0.2) is 0 Å². The first-order chi connectivity index (χ1) is 11.7. The molecule has 3 heterocycles. The molecule has 0 bridgehead atoms. The van der Waals surface area contributed by atoms with Crippen molar-refractivity contribution < 1.29 is 9.90 Å². The van der Waals surface area contributed by atoms with Gasteiger partial charge in [-0.2, -0.15) is 5.10 Å². The van der Waals surface area contributed by atoms with E-state index in [1.807, 2.05) is 23.1 Å². The summed E-state index contributed by atoms with van der Waals surface area (Å²) in [7, 11) is 0. The van der Waals surface area contributed by atoms with Gasteiger partial charge in [0.1, 0.15) is 11.4 Å². The van der Waals surface area contributed by atoms with Gasteiger partial charge >= 0.3 is 0 Å². The van der Waals surface area contributed by atoms with Gasteiger partial charge in [-0.05, 0) is 37.5 Å². The molecule has 2 aromatic heterocycles. The second-order valence-electron chi connectivity index (χ2n) is 6.62. The van der Waals surface area contributed by atoms with Gasteiger partial charge in [0.2, 0.25) is 0 Å². The Morgan fingerprint density at radius 3 is 3.00 bits per heavy atom. The minimum atomic E-state index is -0.160. The highest BCUT2D eigenvalue weighted by Gasteiger charge is 2.36. The number of piperidine rings is 1. The van der Waals surface area contributed by atoms with Crippen molar-refractivity contribution in [2.45, 2.75) is 32.6 Å². The zero-order valence-electron chi connectivity index (χ0n) is 14.0. The number of nitrogens with one attached hydrogen (secondary N) is 1. The van der Waals surface area contributed by atoms with E-state index in [4.69, 9.17) is 0 Å². The van der Waals surface area contributed by atoms with E-state index in [1.54, 1.807) is 12.3 Å². The quantitative estimate of drug-likeness (QED) is 0.883. The van der Waals surface area contributed by atoms with Gasteiger partial charge in [-0.3, -0.25) is 14.9 Å². The SMILES string of the molecule is CCCC1(CO)CCCN(C(=O)c2cc(-c3ccccn3)n[nH]2)C1. The number of aliphatic hydroxyl groups is 1. The maximum atomic E-state index is 12.8. The molecule has 128 valence electrons. The molecule has 1 saturated heterocycles. The van der Waals surface area contributed by atoms with Crippen LogP contribution in [0.5, 0.6) is 0 Å². The molecule has 1 aliphatic heterocycles. The van der Waals surface area contributed by atoms with Crippen LogP contribution in [0.4, 0.5) is 0 Å². The fraction of sp³-hybridized carbons (Fsp3) is 0.500. The van der Waals surface area contributed by atoms with E-state index in [-0.39, 0.29) is 17.9 Å². The second-order valence-corrected chi connectivity index (χ2v) is 6.62. The smallest absolute Gasteiger partial charge is 0.271 e. The van der Waals surface area contributed by atoms with Crippen LogP contribution in [0.3, 0.4) is 0 Å². The first-order valence-electron chi connectivity index (χ1n) is 8.54. The van der Waals surface area contributed by atoms with Crippen molar-refractivity contribution in [3.63, 3.8) is 0 Å². The van der Waals surface area contributed by atoms with E-state index in [1.165, 1.54) is 0 Å². The molecular weight excluding hydrogens is 304 g/mol. The first-order valence-corrected chi connectivity index (χ1v) is 8.54. The number of rotatable bonds is 5. The number of hydrogen-bond donors (Lipinski definition) is 2. The Morgan fingerprint density at radius 2 is 2.29 bits per heavy atom. The van der Waals surface area contributed by atoms with Crippen molar-refractivity contribution in [1.82, 2.24) is 20.1 Å². The fourth-order valence-electron chi connectivity index (χ4n) is 3.57. The van der Waals surface area contributed by atoms with E-state index in [2.05, 4.69) is 22.1 Å². The third-order valence-electron chi connectivity index (χ3n) is 4.80. The van der Waals surface area contributed by atoms with Crippen molar-refractivity contribution in [1.29, 1.82) is 0 Å². The topological polar surface area (TPSA) is 82.1 Å². The van der Waals surface area contributed by atoms with Crippen LogP contribution in [-0.2, 0) is 0 Å². The molecule has 0 spiro atoms. The number of pyridine rings is 1. The lowest BCUT2D eigenvalue weighted by Crippen LogP contribution is -2.48. The standard InChI is InChI=1S/C18H24N4O2/c1-2-7-18(13-23)8-5-10-22(12-18)17(24)16-11-15(20-21-16)14-6-3-4-9-19-14/h3-4,6,9,11,23H,2,5,7-8,10,12-13H2,1H3,(H,20,21). The molecule has 1 unspecified atom stereocenters. The van der Waals surface area contributed by atoms with Gasteiger partial charge in [-0.1, -0.05) is 19.4 Å². The number of aromatic nitrogens is 3. The van der Waals surface area contributed by atoms with Crippen molar-refractivity contribution in [3.05, 3.63) is 36.2 Å². The number of H-pyrrole nitrogens is 1. The third kappa shape index (κ3) is 3.33. The monoisotopic (exact) mass is 328 g/mol. The average molecular weight is 328 g/mol. The summed E-state index contributed by atoms with van der Waals surface area (Å²) in [6, 6.07) is 7.35. The van der Waals surface area contributed by atoms with Crippen LogP contribution in [0.25, 0.3) is 11.4 Å². The zero-order valence-corrected chi connectivity index (χ0v) is 14.0. The number of aromatic amines is 1. The molecule has 1 aliphatic rings. The molecule has 0 aromatic carbocycles. The van der Waals surface area contributed by atoms with Crippen LogP contribution in [-0.4, -0.2) is 50.8 Å². The van der Waals surface area contributed by atoms with Gasteiger partial charge in [-0.25, -0.2) is 0 Å². The Kier molecular flexibility index (Phi) is 4.94. The highest BCUT2D eigenvalue weighted by Crippen LogP contribution is 2.34. The van der Waals surface area contributed by atoms with Crippen molar-refractivity contribution in [2.75, 3.05) is 19.7 Å². The van der Waals surface area contributed by atoms with Crippen molar-refractivity contribution in [2.24, 2.45) is 5.41 Å². The summed E-state index contributed by atoms with van der Waals surface area (Å²) in [5, 5.41) is 16.9. The number of hydrogen-bond acceptors (Lipinski definition) is 4. The molecule has 0 aliphatic carbocycles. The highest BCUT2D eigenvalue weighted by molar-refractivity contribution is 5.93. The molecule has 0 radical (unpaired) electrons. The van der Waals surface area contributed by atoms with Gasteiger partial charge in [0, 0.05) is 24.7 Å². The van der Waals surface area contributed by atoms with Crippen LogP contribution in [0.15, 0.2) is 30.5 Å². The number of nitrogens with zero attached hydrogens (tertiary/aromatic N) is 3. The number of aliphatic hydroxyl groups excluding tert-OH is 1. The summed E-state index contributed by atoms with van der Waals surface area (Å²) < 4.78 is 0. The Hall–Kier alpha value is -2.21.